The van der Waals surface area contributed by atoms with E-state index < -0.39 is 0 Å². The standard InChI is InChI=1S/C23H42O2/c1-7-23(8-2,25-21(24)22(5,6)16-17(3)4)20-14-13-18-11-9-10-12-19(18)15-20/h17-20H,7-16H2,1-6H3. The van der Waals surface area contributed by atoms with Crippen molar-refractivity contribution in [3.63, 3.8) is 0 Å². The molecule has 0 aliphatic heterocycles. The van der Waals surface area contributed by atoms with Gasteiger partial charge in [0, 0.05) is 0 Å². The molecule has 2 nitrogen and oxygen atoms in total. The van der Waals surface area contributed by atoms with Gasteiger partial charge in [0.25, 0.3) is 0 Å². The average molecular weight is 351 g/mol. The van der Waals surface area contributed by atoms with Gasteiger partial charge in [-0.05, 0) is 76.0 Å². The van der Waals surface area contributed by atoms with E-state index in [1.807, 2.05) is 0 Å². The van der Waals surface area contributed by atoms with Crippen molar-refractivity contribution in [2.24, 2.45) is 29.1 Å². The van der Waals surface area contributed by atoms with Crippen LogP contribution in [-0.4, -0.2) is 11.6 Å². The van der Waals surface area contributed by atoms with Crippen molar-refractivity contribution in [2.75, 3.05) is 0 Å². The molecule has 0 N–H and O–H groups in total. The zero-order valence-electron chi connectivity index (χ0n) is 17.7. The highest BCUT2D eigenvalue weighted by atomic mass is 16.6. The third-order valence-electron chi connectivity index (χ3n) is 7.25. The number of rotatable bonds is 7. The maximum Gasteiger partial charge on any atom is 0.312 e. The first-order valence-electron chi connectivity index (χ1n) is 11.0. The van der Waals surface area contributed by atoms with E-state index in [0.717, 1.165) is 31.1 Å². The Bertz CT molecular complexity index is 433. The van der Waals surface area contributed by atoms with Gasteiger partial charge in [0.15, 0.2) is 0 Å². The summed E-state index contributed by atoms with van der Waals surface area (Å²) in [6.07, 6.45) is 12.3. The highest BCUT2D eigenvalue weighted by Gasteiger charge is 2.46. The Labute approximate surface area is 156 Å². The first kappa shape index (κ1) is 20.8. The molecule has 0 aromatic heterocycles. The summed E-state index contributed by atoms with van der Waals surface area (Å²) in [5, 5.41) is 0. The lowest BCUT2D eigenvalue weighted by atomic mass is 9.63. The zero-order valence-corrected chi connectivity index (χ0v) is 17.7. The zero-order chi connectivity index (χ0) is 18.7. The van der Waals surface area contributed by atoms with E-state index in [-0.39, 0.29) is 17.0 Å². The van der Waals surface area contributed by atoms with E-state index in [9.17, 15) is 4.79 Å². The summed E-state index contributed by atoms with van der Waals surface area (Å²) in [6, 6.07) is 0. The Balaban J connectivity index is 2.10. The molecular weight excluding hydrogens is 308 g/mol. The molecule has 2 aliphatic carbocycles. The summed E-state index contributed by atoms with van der Waals surface area (Å²) in [5.41, 5.74) is -0.625. The largest absolute Gasteiger partial charge is 0.458 e. The van der Waals surface area contributed by atoms with Gasteiger partial charge in [-0.25, -0.2) is 0 Å². The van der Waals surface area contributed by atoms with Crippen LogP contribution in [0.4, 0.5) is 0 Å². The molecule has 0 bridgehead atoms. The van der Waals surface area contributed by atoms with Crippen LogP contribution in [0, 0.1) is 29.1 Å². The maximum absolute atomic E-state index is 13.0. The molecule has 3 unspecified atom stereocenters. The second-order valence-electron chi connectivity index (χ2n) is 9.96. The van der Waals surface area contributed by atoms with Crippen molar-refractivity contribution in [2.45, 2.75) is 111 Å². The lowest BCUT2D eigenvalue weighted by Crippen LogP contribution is -2.47. The van der Waals surface area contributed by atoms with Crippen molar-refractivity contribution in [3.8, 4) is 0 Å². The summed E-state index contributed by atoms with van der Waals surface area (Å²) in [5.74, 6) is 2.92. The van der Waals surface area contributed by atoms with Gasteiger partial charge >= 0.3 is 5.97 Å². The number of carbonyl (C=O) groups is 1. The molecular formula is C23H42O2. The van der Waals surface area contributed by atoms with Crippen molar-refractivity contribution in [1.82, 2.24) is 0 Å². The monoisotopic (exact) mass is 350 g/mol. The van der Waals surface area contributed by atoms with Gasteiger partial charge in [0.05, 0.1) is 5.41 Å². The van der Waals surface area contributed by atoms with Crippen molar-refractivity contribution in [1.29, 1.82) is 0 Å². The molecule has 3 atom stereocenters. The molecule has 2 heteroatoms. The lowest BCUT2D eigenvalue weighted by Gasteiger charge is -2.47. The van der Waals surface area contributed by atoms with Crippen LogP contribution in [0.25, 0.3) is 0 Å². The van der Waals surface area contributed by atoms with Crippen LogP contribution in [0.3, 0.4) is 0 Å². The van der Waals surface area contributed by atoms with E-state index in [0.29, 0.717) is 11.8 Å². The Morgan fingerprint density at radius 3 is 2.16 bits per heavy atom. The molecule has 0 aromatic rings. The molecule has 2 fully saturated rings. The van der Waals surface area contributed by atoms with Crippen LogP contribution in [0.1, 0.15) is 106 Å². The fourth-order valence-corrected chi connectivity index (χ4v) is 5.83. The summed E-state index contributed by atoms with van der Waals surface area (Å²) in [7, 11) is 0. The minimum absolute atomic E-state index is 0.0238. The second-order valence-corrected chi connectivity index (χ2v) is 9.96. The molecule has 2 aliphatic rings. The summed E-state index contributed by atoms with van der Waals surface area (Å²) >= 11 is 0. The molecule has 0 aromatic carbocycles. The first-order chi connectivity index (χ1) is 11.7. The fraction of sp³-hybridized carbons (Fsp3) is 0.957. The summed E-state index contributed by atoms with van der Waals surface area (Å²) in [4.78, 5) is 13.0. The number of esters is 1. The van der Waals surface area contributed by atoms with Crippen LogP contribution in [0.15, 0.2) is 0 Å². The molecule has 0 saturated heterocycles. The van der Waals surface area contributed by atoms with Crippen LogP contribution < -0.4 is 0 Å². The fourth-order valence-electron chi connectivity index (χ4n) is 5.83. The van der Waals surface area contributed by atoms with E-state index in [2.05, 4.69) is 41.5 Å². The predicted octanol–water partition coefficient (Wildman–Crippen LogP) is 6.77. The molecule has 0 heterocycles. The maximum atomic E-state index is 13.0. The minimum atomic E-state index is -0.383. The average Bonchev–Trinajstić information content (AvgIpc) is 2.58. The first-order valence-corrected chi connectivity index (χ1v) is 11.0. The number of carbonyl (C=O) groups excluding carboxylic acids is 1. The van der Waals surface area contributed by atoms with Crippen LogP contribution >= 0.6 is 0 Å². The normalized spacial score (nSPS) is 27.9. The van der Waals surface area contributed by atoms with Gasteiger partial charge in [-0.3, -0.25) is 4.79 Å². The quantitative estimate of drug-likeness (QED) is 0.474. The van der Waals surface area contributed by atoms with E-state index >= 15 is 0 Å². The number of hydrogen-bond acceptors (Lipinski definition) is 2. The van der Waals surface area contributed by atoms with Gasteiger partial charge in [0.2, 0.25) is 0 Å². The number of fused-ring (bicyclic) bond motifs is 1. The third-order valence-corrected chi connectivity index (χ3v) is 7.25. The van der Waals surface area contributed by atoms with Gasteiger partial charge in [0.1, 0.15) is 5.60 Å². The topological polar surface area (TPSA) is 26.3 Å². The van der Waals surface area contributed by atoms with Crippen molar-refractivity contribution >= 4 is 5.97 Å². The summed E-state index contributed by atoms with van der Waals surface area (Å²) in [6.45, 7) is 12.9. The second kappa shape index (κ2) is 8.44. The third kappa shape index (κ3) is 4.80. The Hall–Kier alpha value is -0.530. The number of hydrogen-bond donors (Lipinski definition) is 0. The molecule has 0 radical (unpaired) electrons. The molecule has 146 valence electrons. The van der Waals surface area contributed by atoms with Crippen LogP contribution in [-0.2, 0) is 9.53 Å². The number of ether oxygens (including phenoxy) is 1. The molecule has 2 rings (SSSR count). The molecule has 0 spiro atoms. The molecule has 0 amide bonds. The highest BCUT2D eigenvalue weighted by molar-refractivity contribution is 5.76. The molecule has 25 heavy (non-hydrogen) atoms. The van der Waals surface area contributed by atoms with E-state index in [4.69, 9.17) is 4.74 Å². The van der Waals surface area contributed by atoms with Gasteiger partial charge in [-0.15, -0.1) is 0 Å². The highest BCUT2D eigenvalue weighted by Crippen LogP contribution is 2.49. The SMILES string of the molecule is CCC(CC)(OC(=O)C(C)(C)CC(C)C)C1CCC2CCCCC2C1. The Kier molecular flexibility index (Phi) is 7.01. The van der Waals surface area contributed by atoms with Crippen LogP contribution in [0.2, 0.25) is 0 Å². The van der Waals surface area contributed by atoms with Gasteiger partial charge < -0.3 is 4.74 Å². The minimum Gasteiger partial charge on any atom is -0.458 e. The predicted molar refractivity (Wildman–Crippen MR) is 105 cm³/mol. The van der Waals surface area contributed by atoms with Crippen molar-refractivity contribution in [3.05, 3.63) is 0 Å². The van der Waals surface area contributed by atoms with E-state index in [1.165, 1.54) is 44.9 Å². The van der Waals surface area contributed by atoms with Gasteiger partial charge in [-0.1, -0.05) is 53.4 Å². The lowest BCUT2D eigenvalue weighted by molar-refractivity contribution is -0.183. The van der Waals surface area contributed by atoms with Gasteiger partial charge in [-0.2, -0.15) is 0 Å². The van der Waals surface area contributed by atoms with Crippen molar-refractivity contribution < 1.29 is 9.53 Å². The Morgan fingerprint density at radius 2 is 1.60 bits per heavy atom. The summed E-state index contributed by atoms with van der Waals surface area (Å²) < 4.78 is 6.38. The molecule has 2 saturated carbocycles. The van der Waals surface area contributed by atoms with E-state index in [1.54, 1.807) is 0 Å². The Morgan fingerprint density at radius 1 is 1.00 bits per heavy atom. The van der Waals surface area contributed by atoms with Crippen LogP contribution in [0.5, 0.6) is 0 Å². The smallest absolute Gasteiger partial charge is 0.312 e.